The van der Waals surface area contributed by atoms with Crippen LogP contribution in [0.2, 0.25) is 0 Å². The zero-order valence-corrected chi connectivity index (χ0v) is 17.5. The summed E-state index contributed by atoms with van der Waals surface area (Å²) in [5.74, 6) is 1.26. The van der Waals surface area contributed by atoms with Crippen molar-refractivity contribution < 1.29 is 4.52 Å². The summed E-state index contributed by atoms with van der Waals surface area (Å²) in [7, 11) is 0. The molecule has 0 aliphatic rings. The van der Waals surface area contributed by atoms with Crippen molar-refractivity contribution in [3.8, 4) is 17.2 Å². The summed E-state index contributed by atoms with van der Waals surface area (Å²) in [6.07, 6.45) is 1.68. The van der Waals surface area contributed by atoms with Gasteiger partial charge in [-0.3, -0.25) is 14.3 Å². The molecule has 4 heterocycles. The number of aryl methyl sites for hydroxylation is 1. The molecule has 0 bridgehead atoms. The number of hydrogen-bond donors (Lipinski definition) is 0. The van der Waals surface area contributed by atoms with Gasteiger partial charge in [-0.2, -0.15) is 4.98 Å². The smallest absolute Gasteiger partial charge is 0.276 e. The van der Waals surface area contributed by atoms with Crippen molar-refractivity contribution in [3.63, 3.8) is 0 Å². The molecule has 30 heavy (non-hydrogen) atoms. The van der Waals surface area contributed by atoms with Crippen LogP contribution in [0.25, 0.3) is 27.4 Å². The second kappa shape index (κ2) is 7.85. The van der Waals surface area contributed by atoms with Gasteiger partial charge in [-0.05, 0) is 42.6 Å². The van der Waals surface area contributed by atoms with Crippen LogP contribution in [0.5, 0.6) is 0 Å². The molecule has 0 saturated carbocycles. The monoisotopic (exact) mass is 433 g/mol. The van der Waals surface area contributed by atoms with Crippen LogP contribution in [0.15, 0.2) is 74.6 Å². The van der Waals surface area contributed by atoms with Gasteiger partial charge in [-0.15, -0.1) is 11.3 Å². The van der Waals surface area contributed by atoms with Crippen LogP contribution in [-0.2, 0) is 5.75 Å². The highest BCUT2D eigenvalue weighted by Crippen LogP contribution is 2.26. The molecule has 1 aromatic carbocycles. The minimum Gasteiger partial charge on any atom is -0.338 e. The van der Waals surface area contributed by atoms with Gasteiger partial charge in [0, 0.05) is 6.20 Å². The molecule has 0 amide bonds. The molecule has 7 nitrogen and oxygen atoms in total. The molecule has 0 fully saturated rings. The zero-order chi connectivity index (χ0) is 20.5. The lowest BCUT2D eigenvalue weighted by atomic mass is 10.2. The normalized spacial score (nSPS) is 11.2. The van der Waals surface area contributed by atoms with E-state index < -0.39 is 0 Å². The Balaban J connectivity index is 1.50. The second-order valence-electron chi connectivity index (χ2n) is 6.52. The Morgan fingerprint density at radius 3 is 2.77 bits per heavy atom. The van der Waals surface area contributed by atoms with Crippen LogP contribution in [-0.4, -0.2) is 24.7 Å². The van der Waals surface area contributed by atoms with Crippen molar-refractivity contribution in [1.29, 1.82) is 0 Å². The van der Waals surface area contributed by atoms with E-state index in [1.54, 1.807) is 10.8 Å². The van der Waals surface area contributed by atoms with Crippen molar-refractivity contribution in [3.05, 3.63) is 81.9 Å². The highest BCUT2D eigenvalue weighted by Gasteiger charge is 2.16. The summed E-state index contributed by atoms with van der Waals surface area (Å²) in [6.45, 7) is 2.01. The minimum atomic E-state index is -0.0824. The van der Waals surface area contributed by atoms with E-state index in [9.17, 15) is 4.79 Å². The summed E-state index contributed by atoms with van der Waals surface area (Å²) in [5, 5.41) is 6.45. The van der Waals surface area contributed by atoms with Crippen molar-refractivity contribution in [2.45, 2.75) is 17.8 Å². The highest BCUT2D eigenvalue weighted by molar-refractivity contribution is 7.98. The fraction of sp³-hybridized carbons (Fsp3) is 0.0952. The molecule has 0 saturated heterocycles. The molecule has 0 spiro atoms. The summed E-state index contributed by atoms with van der Waals surface area (Å²) >= 11 is 2.78. The maximum absolute atomic E-state index is 13.2. The SMILES string of the molecule is Cc1ccc(-n2c(SCc3nc(-c4ccccn4)no3)nc3ccsc3c2=O)cc1. The Kier molecular flexibility index (Phi) is 4.89. The fourth-order valence-electron chi connectivity index (χ4n) is 2.95. The first kappa shape index (κ1) is 18.7. The molecule has 4 aromatic heterocycles. The van der Waals surface area contributed by atoms with E-state index in [0.29, 0.717) is 38.5 Å². The molecular weight excluding hydrogens is 418 g/mol. The van der Waals surface area contributed by atoms with Crippen molar-refractivity contribution >= 4 is 33.3 Å². The molecule has 9 heteroatoms. The van der Waals surface area contributed by atoms with Gasteiger partial charge in [0.1, 0.15) is 10.4 Å². The third-order valence-electron chi connectivity index (χ3n) is 4.43. The summed E-state index contributed by atoms with van der Waals surface area (Å²) in [5.41, 5.74) is 3.15. The lowest BCUT2D eigenvalue weighted by Crippen LogP contribution is -2.20. The van der Waals surface area contributed by atoms with Gasteiger partial charge in [0.2, 0.25) is 11.7 Å². The van der Waals surface area contributed by atoms with E-state index >= 15 is 0 Å². The fourth-order valence-corrected chi connectivity index (χ4v) is 4.56. The molecule has 5 rings (SSSR count). The van der Waals surface area contributed by atoms with Gasteiger partial charge in [0.05, 0.1) is 17.0 Å². The first-order chi connectivity index (χ1) is 14.7. The van der Waals surface area contributed by atoms with E-state index in [0.717, 1.165) is 11.3 Å². The van der Waals surface area contributed by atoms with Gasteiger partial charge in [-0.25, -0.2) is 4.98 Å². The van der Waals surface area contributed by atoms with Crippen LogP contribution in [0.1, 0.15) is 11.5 Å². The first-order valence-corrected chi connectivity index (χ1v) is 11.0. The third-order valence-corrected chi connectivity index (χ3v) is 6.24. The Hall–Kier alpha value is -3.30. The number of thioether (sulfide) groups is 1. The van der Waals surface area contributed by atoms with E-state index in [1.165, 1.54) is 23.1 Å². The molecule has 0 atom stereocenters. The molecule has 0 unspecified atom stereocenters. The van der Waals surface area contributed by atoms with Crippen LogP contribution < -0.4 is 5.56 Å². The zero-order valence-electron chi connectivity index (χ0n) is 15.8. The first-order valence-electron chi connectivity index (χ1n) is 9.13. The standard InChI is InChI=1S/C21H15N5O2S2/c1-13-5-7-14(8-6-13)26-20(27)18-15(9-11-29-18)23-21(26)30-12-17-24-19(25-28-17)16-4-2-3-10-22-16/h2-11H,12H2,1H3. The van der Waals surface area contributed by atoms with E-state index in [2.05, 4.69) is 15.1 Å². The molecule has 0 radical (unpaired) electrons. The summed E-state index contributed by atoms with van der Waals surface area (Å²) in [6, 6.07) is 15.2. The summed E-state index contributed by atoms with van der Waals surface area (Å²) < 4.78 is 7.64. The largest absolute Gasteiger partial charge is 0.338 e. The number of hydrogen-bond acceptors (Lipinski definition) is 8. The average Bonchev–Trinajstić information content (AvgIpc) is 3.44. The van der Waals surface area contributed by atoms with Crippen molar-refractivity contribution in [2.24, 2.45) is 0 Å². The van der Waals surface area contributed by atoms with E-state index in [-0.39, 0.29) is 5.56 Å². The van der Waals surface area contributed by atoms with Crippen LogP contribution >= 0.6 is 23.1 Å². The van der Waals surface area contributed by atoms with Crippen LogP contribution in [0.3, 0.4) is 0 Å². The number of aromatic nitrogens is 5. The second-order valence-corrected chi connectivity index (χ2v) is 8.38. The molecule has 5 aromatic rings. The van der Waals surface area contributed by atoms with Crippen LogP contribution in [0, 0.1) is 6.92 Å². The van der Waals surface area contributed by atoms with E-state index in [1.807, 2.05) is 60.8 Å². The Morgan fingerprint density at radius 1 is 1.10 bits per heavy atom. The molecule has 148 valence electrons. The summed E-state index contributed by atoms with van der Waals surface area (Å²) in [4.78, 5) is 26.5. The molecule has 0 N–H and O–H groups in total. The highest BCUT2D eigenvalue weighted by atomic mass is 32.2. The van der Waals surface area contributed by atoms with E-state index in [4.69, 9.17) is 9.51 Å². The maximum Gasteiger partial charge on any atom is 0.276 e. The quantitative estimate of drug-likeness (QED) is 0.298. The van der Waals surface area contributed by atoms with Gasteiger partial charge < -0.3 is 4.52 Å². The predicted octanol–water partition coefficient (Wildman–Crippen LogP) is 4.49. The predicted molar refractivity (Wildman–Crippen MR) is 117 cm³/mol. The average molecular weight is 434 g/mol. The van der Waals surface area contributed by atoms with Gasteiger partial charge in [0.25, 0.3) is 5.56 Å². The third kappa shape index (κ3) is 3.53. The van der Waals surface area contributed by atoms with Crippen molar-refractivity contribution in [1.82, 2.24) is 24.7 Å². The van der Waals surface area contributed by atoms with Crippen LogP contribution in [0.4, 0.5) is 0 Å². The number of pyridine rings is 1. The number of benzene rings is 1. The topological polar surface area (TPSA) is 86.7 Å². The van der Waals surface area contributed by atoms with Gasteiger partial charge in [0.15, 0.2) is 5.16 Å². The Morgan fingerprint density at radius 2 is 1.97 bits per heavy atom. The number of rotatable bonds is 5. The molecular formula is C21H15N5O2S2. The molecule has 0 aliphatic carbocycles. The lowest BCUT2D eigenvalue weighted by Gasteiger charge is -2.11. The van der Waals surface area contributed by atoms with Gasteiger partial charge >= 0.3 is 0 Å². The Bertz CT molecular complexity index is 1370. The number of fused-ring (bicyclic) bond motifs is 1. The molecule has 0 aliphatic heterocycles. The number of nitrogens with zero attached hydrogens (tertiary/aromatic N) is 5. The maximum atomic E-state index is 13.2. The van der Waals surface area contributed by atoms with Gasteiger partial charge in [-0.1, -0.05) is 40.7 Å². The van der Waals surface area contributed by atoms with Crippen molar-refractivity contribution in [2.75, 3.05) is 0 Å². The Labute approximate surface area is 179 Å². The lowest BCUT2D eigenvalue weighted by molar-refractivity contribution is 0.391. The number of thiophene rings is 1. The minimum absolute atomic E-state index is 0.0824.